The molecule has 84 valence electrons. The lowest BCUT2D eigenvalue weighted by Crippen LogP contribution is -2.38. The molecule has 0 aromatic carbocycles. The van der Waals surface area contributed by atoms with Gasteiger partial charge in [0.25, 0.3) is 0 Å². The zero-order valence-electron chi connectivity index (χ0n) is 7.60. The Bertz CT molecular complexity index is 178. The van der Waals surface area contributed by atoms with Gasteiger partial charge in [-0.1, -0.05) is 0 Å². The molecule has 1 atom stereocenters. The van der Waals surface area contributed by atoms with E-state index in [1.54, 1.807) is 0 Å². The SMILES string of the molecule is CC1COCCN1.O=C(O)C(F)(F)F. The fraction of sp³-hybridized carbons (Fsp3) is 0.857. The van der Waals surface area contributed by atoms with Crippen molar-refractivity contribution in [1.82, 2.24) is 5.32 Å². The number of carboxylic acid groups (broad SMARTS) is 1. The summed E-state index contributed by atoms with van der Waals surface area (Å²) in [5.41, 5.74) is 0. The molecule has 0 amide bonds. The standard InChI is InChI=1S/C5H11NO.C2HF3O2/c1-5-4-7-3-2-6-5;3-2(4,5)1(6)7/h5-6H,2-4H2,1H3;(H,6,7). The van der Waals surface area contributed by atoms with E-state index in [4.69, 9.17) is 14.6 Å². The van der Waals surface area contributed by atoms with Crippen LogP contribution < -0.4 is 5.32 Å². The molecule has 1 rings (SSSR count). The minimum Gasteiger partial charge on any atom is -0.475 e. The van der Waals surface area contributed by atoms with Crippen LogP contribution in [0.25, 0.3) is 0 Å². The van der Waals surface area contributed by atoms with Crippen molar-refractivity contribution in [3.63, 3.8) is 0 Å². The molecule has 4 nitrogen and oxygen atoms in total. The first-order chi connectivity index (χ1) is 6.34. The fourth-order valence-corrected chi connectivity index (χ4v) is 0.697. The van der Waals surface area contributed by atoms with Crippen molar-refractivity contribution >= 4 is 5.97 Å². The Balaban J connectivity index is 0.000000241. The average Bonchev–Trinajstić information content (AvgIpc) is 2.04. The van der Waals surface area contributed by atoms with Crippen LogP contribution >= 0.6 is 0 Å². The topological polar surface area (TPSA) is 58.6 Å². The van der Waals surface area contributed by atoms with Crippen LogP contribution in [-0.2, 0) is 9.53 Å². The molecule has 1 unspecified atom stereocenters. The summed E-state index contributed by atoms with van der Waals surface area (Å²) < 4.78 is 36.9. The summed E-state index contributed by atoms with van der Waals surface area (Å²) in [5.74, 6) is -2.76. The van der Waals surface area contributed by atoms with Gasteiger partial charge in [0.1, 0.15) is 0 Å². The van der Waals surface area contributed by atoms with E-state index >= 15 is 0 Å². The van der Waals surface area contributed by atoms with Gasteiger partial charge in [-0.3, -0.25) is 0 Å². The Morgan fingerprint density at radius 1 is 1.57 bits per heavy atom. The molecule has 1 aliphatic rings. The molecule has 0 aromatic rings. The molecule has 0 radical (unpaired) electrons. The zero-order valence-corrected chi connectivity index (χ0v) is 7.60. The molecule has 0 saturated carbocycles. The van der Waals surface area contributed by atoms with Crippen LogP contribution in [0.4, 0.5) is 13.2 Å². The monoisotopic (exact) mass is 215 g/mol. The van der Waals surface area contributed by atoms with E-state index in [0.717, 1.165) is 19.8 Å². The van der Waals surface area contributed by atoms with Crippen LogP contribution in [0, 0.1) is 0 Å². The molecule has 0 aromatic heterocycles. The van der Waals surface area contributed by atoms with Gasteiger partial charge in [-0.25, -0.2) is 4.79 Å². The third kappa shape index (κ3) is 6.67. The molecule has 7 heteroatoms. The van der Waals surface area contributed by atoms with E-state index in [2.05, 4.69) is 12.2 Å². The number of hydrogen-bond donors (Lipinski definition) is 2. The predicted molar refractivity (Wildman–Crippen MR) is 42.0 cm³/mol. The Morgan fingerprint density at radius 3 is 2.21 bits per heavy atom. The van der Waals surface area contributed by atoms with Gasteiger partial charge in [-0.2, -0.15) is 13.2 Å². The summed E-state index contributed by atoms with van der Waals surface area (Å²) in [4.78, 5) is 8.90. The maximum atomic E-state index is 10.6. The fourth-order valence-electron chi connectivity index (χ4n) is 0.697. The highest BCUT2D eigenvalue weighted by molar-refractivity contribution is 5.73. The van der Waals surface area contributed by atoms with Crippen molar-refractivity contribution in [3.8, 4) is 0 Å². The van der Waals surface area contributed by atoms with Crippen molar-refractivity contribution in [2.24, 2.45) is 0 Å². The minimum atomic E-state index is -5.08. The Labute approximate surface area is 79.0 Å². The summed E-state index contributed by atoms with van der Waals surface area (Å²) in [6.45, 7) is 4.89. The maximum absolute atomic E-state index is 10.6. The Kier molecular flexibility index (Phi) is 5.47. The van der Waals surface area contributed by atoms with Crippen LogP contribution in [0.5, 0.6) is 0 Å². The lowest BCUT2D eigenvalue weighted by Gasteiger charge is -2.19. The number of carbonyl (C=O) groups is 1. The van der Waals surface area contributed by atoms with Crippen molar-refractivity contribution in [3.05, 3.63) is 0 Å². The summed E-state index contributed by atoms with van der Waals surface area (Å²) in [5, 5.41) is 10.4. The summed E-state index contributed by atoms with van der Waals surface area (Å²) in [6.07, 6.45) is -5.08. The van der Waals surface area contributed by atoms with E-state index in [1.807, 2.05) is 0 Å². The number of rotatable bonds is 0. The molecule has 1 saturated heterocycles. The van der Waals surface area contributed by atoms with Gasteiger partial charge in [0, 0.05) is 12.6 Å². The predicted octanol–water partition coefficient (Wildman–Crippen LogP) is 0.628. The Hall–Kier alpha value is -0.820. The minimum absolute atomic E-state index is 0.564. The van der Waals surface area contributed by atoms with Crippen LogP contribution in [0.2, 0.25) is 0 Å². The molecule has 0 spiro atoms. The number of hydrogen-bond acceptors (Lipinski definition) is 3. The molecular weight excluding hydrogens is 203 g/mol. The normalized spacial score (nSPS) is 22.1. The molecule has 1 fully saturated rings. The first-order valence-corrected chi connectivity index (χ1v) is 3.95. The Morgan fingerprint density at radius 2 is 2.07 bits per heavy atom. The van der Waals surface area contributed by atoms with E-state index in [-0.39, 0.29) is 0 Å². The molecule has 0 aliphatic carbocycles. The van der Waals surface area contributed by atoms with Crippen LogP contribution in [-0.4, -0.2) is 43.1 Å². The van der Waals surface area contributed by atoms with Crippen LogP contribution in [0.3, 0.4) is 0 Å². The number of halogens is 3. The smallest absolute Gasteiger partial charge is 0.475 e. The number of nitrogens with one attached hydrogen (secondary N) is 1. The quantitative estimate of drug-likeness (QED) is 0.622. The van der Waals surface area contributed by atoms with Crippen molar-refractivity contribution < 1.29 is 27.8 Å². The zero-order chi connectivity index (χ0) is 11.2. The summed E-state index contributed by atoms with van der Waals surface area (Å²) in [6, 6.07) is 0.564. The van der Waals surface area contributed by atoms with Crippen LogP contribution in [0.1, 0.15) is 6.92 Å². The van der Waals surface area contributed by atoms with E-state index in [9.17, 15) is 13.2 Å². The summed E-state index contributed by atoms with van der Waals surface area (Å²) >= 11 is 0. The number of morpholine rings is 1. The first-order valence-electron chi connectivity index (χ1n) is 3.95. The lowest BCUT2D eigenvalue weighted by molar-refractivity contribution is -0.192. The molecule has 2 N–H and O–H groups in total. The van der Waals surface area contributed by atoms with Crippen molar-refractivity contribution in [1.29, 1.82) is 0 Å². The molecule has 14 heavy (non-hydrogen) atoms. The molecule has 1 heterocycles. The van der Waals surface area contributed by atoms with Gasteiger partial charge in [0.05, 0.1) is 13.2 Å². The third-order valence-corrected chi connectivity index (χ3v) is 1.35. The highest BCUT2D eigenvalue weighted by atomic mass is 19.4. The molecule has 0 bridgehead atoms. The van der Waals surface area contributed by atoms with E-state index in [0.29, 0.717) is 6.04 Å². The van der Waals surface area contributed by atoms with Gasteiger partial charge >= 0.3 is 12.1 Å². The van der Waals surface area contributed by atoms with Gasteiger partial charge in [0.2, 0.25) is 0 Å². The second-order valence-corrected chi connectivity index (χ2v) is 2.73. The van der Waals surface area contributed by atoms with Gasteiger partial charge in [0.15, 0.2) is 0 Å². The van der Waals surface area contributed by atoms with Crippen LogP contribution in [0.15, 0.2) is 0 Å². The third-order valence-electron chi connectivity index (χ3n) is 1.35. The lowest BCUT2D eigenvalue weighted by atomic mass is 10.3. The largest absolute Gasteiger partial charge is 0.490 e. The second kappa shape index (κ2) is 5.82. The highest BCUT2D eigenvalue weighted by Gasteiger charge is 2.38. The van der Waals surface area contributed by atoms with Gasteiger partial charge in [-0.05, 0) is 6.92 Å². The number of aliphatic carboxylic acids is 1. The highest BCUT2D eigenvalue weighted by Crippen LogP contribution is 2.13. The number of ether oxygens (including phenoxy) is 1. The van der Waals surface area contributed by atoms with Crippen molar-refractivity contribution in [2.45, 2.75) is 19.1 Å². The maximum Gasteiger partial charge on any atom is 0.490 e. The molecule has 1 aliphatic heterocycles. The van der Waals surface area contributed by atoms with E-state index < -0.39 is 12.1 Å². The number of carboxylic acids is 1. The van der Waals surface area contributed by atoms with Gasteiger partial charge < -0.3 is 15.2 Å². The number of alkyl halides is 3. The van der Waals surface area contributed by atoms with E-state index in [1.165, 1.54) is 0 Å². The summed E-state index contributed by atoms with van der Waals surface area (Å²) in [7, 11) is 0. The average molecular weight is 215 g/mol. The molecular formula is C7H12F3NO3. The van der Waals surface area contributed by atoms with Crippen molar-refractivity contribution in [2.75, 3.05) is 19.8 Å². The first kappa shape index (κ1) is 13.2. The van der Waals surface area contributed by atoms with Gasteiger partial charge in [-0.15, -0.1) is 0 Å². The second-order valence-electron chi connectivity index (χ2n) is 2.73.